The molecule has 2 aromatic heterocycles. The van der Waals surface area contributed by atoms with E-state index < -0.39 is 0 Å². The highest BCUT2D eigenvalue weighted by Gasteiger charge is 2.24. The second kappa shape index (κ2) is 7.15. The van der Waals surface area contributed by atoms with Crippen molar-refractivity contribution >= 4 is 38.6 Å². The van der Waals surface area contributed by atoms with E-state index in [1.807, 2.05) is 52.8 Å². The van der Waals surface area contributed by atoms with E-state index in [-0.39, 0.29) is 16.2 Å². The third-order valence-corrected chi connectivity index (χ3v) is 5.51. The molecule has 0 saturated heterocycles. The Bertz CT molecular complexity index is 1010. The molecule has 3 aromatic rings. The van der Waals surface area contributed by atoms with E-state index in [0.29, 0.717) is 34.3 Å². The van der Waals surface area contributed by atoms with Crippen LogP contribution in [0.15, 0.2) is 37.1 Å². The minimum Gasteiger partial charge on any atom is -0.338 e. The molecule has 8 heteroatoms. The predicted octanol–water partition coefficient (Wildman–Crippen LogP) is 4.71. The van der Waals surface area contributed by atoms with Gasteiger partial charge in [-0.3, -0.25) is 9.36 Å². The van der Waals surface area contributed by atoms with Gasteiger partial charge in [0, 0.05) is 16.4 Å². The van der Waals surface area contributed by atoms with Gasteiger partial charge < -0.3 is 4.52 Å². The van der Waals surface area contributed by atoms with Crippen LogP contribution in [-0.2, 0) is 12.0 Å². The molecule has 0 aliphatic carbocycles. The average Bonchev–Trinajstić information content (AvgIpc) is 3.06. The van der Waals surface area contributed by atoms with Crippen LogP contribution < -0.4 is 5.56 Å². The molecule has 1 atom stereocenters. The molecule has 0 spiro atoms. The van der Waals surface area contributed by atoms with E-state index in [1.54, 1.807) is 4.57 Å². The monoisotopic (exact) mass is 436 g/mol. The number of rotatable bonds is 4. The summed E-state index contributed by atoms with van der Waals surface area (Å²) >= 11 is 4.86. The van der Waals surface area contributed by atoms with Crippen LogP contribution in [0.25, 0.3) is 10.9 Å². The molecule has 0 radical (unpaired) electrons. The summed E-state index contributed by atoms with van der Waals surface area (Å²) in [4.78, 5) is 22.0. The Kier molecular flexibility index (Phi) is 5.25. The van der Waals surface area contributed by atoms with Crippen molar-refractivity contribution in [3.63, 3.8) is 0 Å². The standard InChI is InChI=1S/C18H21BrN4O2S/c1-6-23-15(24)12-9-11(19)7-8-13(12)20-17(23)26-10(2)14-21-16(22-25-14)18(3,4)5/h7-10H,6H2,1-5H3. The molecule has 0 amide bonds. The van der Waals surface area contributed by atoms with Crippen molar-refractivity contribution in [2.75, 3.05) is 0 Å². The van der Waals surface area contributed by atoms with Crippen LogP contribution in [0.4, 0.5) is 0 Å². The first-order valence-electron chi connectivity index (χ1n) is 8.41. The third-order valence-electron chi connectivity index (χ3n) is 3.94. The van der Waals surface area contributed by atoms with Crippen molar-refractivity contribution in [3.05, 3.63) is 44.7 Å². The SMILES string of the molecule is CCn1c(SC(C)c2nc(C(C)(C)C)no2)nc2ccc(Br)cc2c1=O. The van der Waals surface area contributed by atoms with Gasteiger partial charge in [0.05, 0.1) is 16.2 Å². The molecule has 2 heterocycles. The highest BCUT2D eigenvalue weighted by atomic mass is 79.9. The number of fused-ring (bicyclic) bond motifs is 1. The zero-order chi connectivity index (χ0) is 19.1. The maximum absolute atomic E-state index is 12.8. The Balaban J connectivity index is 1.99. The van der Waals surface area contributed by atoms with Crippen LogP contribution in [-0.4, -0.2) is 19.7 Å². The molecular formula is C18H21BrN4O2S. The molecule has 0 aliphatic heterocycles. The lowest BCUT2D eigenvalue weighted by Crippen LogP contribution is -2.22. The van der Waals surface area contributed by atoms with Gasteiger partial charge >= 0.3 is 0 Å². The van der Waals surface area contributed by atoms with Gasteiger partial charge in [-0.1, -0.05) is 53.6 Å². The zero-order valence-corrected chi connectivity index (χ0v) is 17.8. The van der Waals surface area contributed by atoms with Gasteiger partial charge in [0.2, 0.25) is 5.89 Å². The fourth-order valence-corrected chi connectivity index (χ4v) is 3.82. The number of thioether (sulfide) groups is 1. The largest absolute Gasteiger partial charge is 0.338 e. The van der Waals surface area contributed by atoms with Crippen LogP contribution in [0.5, 0.6) is 0 Å². The number of hydrogen-bond donors (Lipinski definition) is 0. The molecule has 1 unspecified atom stereocenters. The van der Waals surface area contributed by atoms with Gasteiger partial charge in [0.25, 0.3) is 5.56 Å². The first kappa shape index (κ1) is 19.1. The Morgan fingerprint density at radius 1 is 1.31 bits per heavy atom. The molecular weight excluding hydrogens is 416 g/mol. The van der Waals surface area contributed by atoms with Gasteiger partial charge in [0.1, 0.15) is 0 Å². The lowest BCUT2D eigenvalue weighted by molar-refractivity contribution is 0.364. The zero-order valence-electron chi connectivity index (χ0n) is 15.4. The molecule has 6 nitrogen and oxygen atoms in total. The quantitative estimate of drug-likeness (QED) is 0.435. The summed E-state index contributed by atoms with van der Waals surface area (Å²) in [6.45, 7) is 10.6. The van der Waals surface area contributed by atoms with Gasteiger partial charge in [-0.15, -0.1) is 0 Å². The van der Waals surface area contributed by atoms with Crippen LogP contribution in [0.1, 0.15) is 51.6 Å². The Labute approximate surface area is 164 Å². The first-order chi connectivity index (χ1) is 12.2. The minimum absolute atomic E-state index is 0.0468. The normalized spacial score (nSPS) is 13.3. The summed E-state index contributed by atoms with van der Waals surface area (Å²) in [5.41, 5.74) is 0.458. The van der Waals surface area contributed by atoms with Crippen molar-refractivity contribution < 1.29 is 4.52 Å². The van der Waals surface area contributed by atoms with E-state index >= 15 is 0 Å². The van der Waals surface area contributed by atoms with Gasteiger partial charge in [-0.25, -0.2) is 4.98 Å². The lowest BCUT2D eigenvalue weighted by Gasteiger charge is -2.13. The number of halogens is 1. The molecule has 0 fully saturated rings. The number of benzene rings is 1. The van der Waals surface area contributed by atoms with Crippen LogP contribution >= 0.6 is 27.7 Å². The Morgan fingerprint density at radius 3 is 2.65 bits per heavy atom. The van der Waals surface area contributed by atoms with E-state index in [1.165, 1.54) is 11.8 Å². The maximum Gasteiger partial charge on any atom is 0.262 e. The highest BCUT2D eigenvalue weighted by molar-refractivity contribution is 9.10. The molecule has 138 valence electrons. The Hall–Kier alpha value is -1.67. The molecule has 0 bridgehead atoms. The van der Waals surface area contributed by atoms with Crippen molar-refractivity contribution in [2.24, 2.45) is 0 Å². The summed E-state index contributed by atoms with van der Waals surface area (Å²) in [6, 6.07) is 5.54. The predicted molar refractivity (Wildman–Crippen MR) is 107 cm³/mol. The van der Waals surface area contributed by atoms with Crippen molar-refractivity contribution in [1.29, 1.82) is 0 Å². The molecule has 3 rings (SSSR count). The van der Waals surface area contributed by atoms with Crippen LogP contribution in [0.3, 0.4) is 0 Å². The van der Waals surface area contributed by atoms with E-state index in [0.717, 1.165) is 4.47 Å². The van der Waals surface area contributed by atoms with E-state index in [9.17, 15) is 4.79 Å². The number of hydrogen-bond acceptors (Lipinski definition) is 6. The third kappa shape index (κ3) is 3.71. The van der Waals surface area contributed by atoms with Crippen molar-refractivity contribution in [2.45, 2.75) is 57.0 Å². The fraction of sp³-hybridized carbons (Fsp3) is 0.444. The number of nitrogens with zero attached hydrogens (tertiary/aromatic N) is 4. The molecule has 0 N–H and O–H groups in total. The van der Waals surface area contributed by atoms with Gasteiger partial charge in [0.15, 0.2) is 11.0 Å². The first-order valence-corrected chi connectivity index (χ1v) is 10.1. The lowest BCUT2D eigenvalue weighted by atomic mass is 9.96. The smallest absolute Gasteiger partial charge is 0.262 e. The average molecular weight is 437 g/mol. The van der Waals surface area contributed by atoms with Crippen molar-refractivity contribution in [3.8, 4) is 0 Å². The van der Waals surface area contributed by atoms with Crippen LogP contribution in [0.2, 0.25) is 0 Å². The summed E-state index contributed by atoms with van der Waals surface area (Å²) in [7, 11) is 0. The highest BCUT2D eigenvalue weighted by Crippen LogP contribution is 2.34. The topological polar surface area (TPSA) is 73.8 Å². The summed E-state index contributed by atoms with van der Waals surface area (Å²) in [5.74, 6) is 1.21. The molecule has 0 aliphatic rings. The summed E-state index contributed by atoms with van der Waals surface area (Å²) in [6.07, 6.45) is 0. The van der Waals surface area contributed by atoms with E-state index in [4.69, 9.17) is 4.52 Å². The fourth-order valence-electron chi connectivity index (χ4n) is 2.46. The summed E-state index contributed by atoms with van der Waals surface area (Å²) < 4.78 is 7.97. The van der Waals surface area contributed by atoms with Gasteiger partial charge in [-0.2, -0.15) is 4.98 Å². The maximum atomic E-state index is 12.8. The second-order valence-corrected chi connectivity index (χ2v) is 9.30. The molecule has 26 heavy (non-hydrogen) atoms. The van der Waals surface area contributed by atoms with E-state index in [2.05, 4.69) is 31.1 Å². The Morgan fingerprint density at radius 2 is 2.04 bits per heavy atom. The number of aromatic nitrogens is 4. The summed E-state index contributed by atoms with van der Waals surface area (Å²) in [5, 5.41) is 5.21. The molecule has 0 saturated carbocycles. The van der Waals surface area contributed by atoms with Crippen molar-refractivity contribution in [1.82, 2.24) is 19.7 Å². The minimum atomic E-state index is -0.174. The van der Waals surface area contributed by atoms with Gasteiger partial charge in [-0.05, 0) is 32.0 Å². The van der Waals surface area contributed by atoms with Crippen LogP contribution in [0, 0.1) is 0 Å². The molecule has 1 aromatic carbocycles. The second-order valence-electron chi connectivity index (χ2n) is 7.07.